The molecule has 9 heteroatoms. The van der Waals surface area contributed by atoms with E-state index in [-0.39, 0.29) is 17.0 Å². The van der Waals surface area contributed by atoms with Gasteiger partial charge in [0.05, 0.1) is 23.8 Å². The summed E-state index contributed by atoms with van der Waals surface area (Å²) >= 11 is 0. The van der Waals surface area contributed by atoms with Crippen molar-refractivity contribution in [1.29, 1.82) is 0 Å². The van der Waals surface area contributed by atoms with Crippen LogP contribution in [0.4, 0.5) is 11.4 Å². The van der Waals surface area contributed by atoms with Crippen LogP contribution < -0.4 is 10.1 Å². The van der Waals surface area contributed by atoms with Crippen LogP contribution in [0, 0.1) is 10.1 Å². The fraction of sp³-hybridized carbons (Fsp3) is 0.286. The van der Waals surface area contributed by atoms with Crippen LogP contribution in [-0.4, -0.2) is 29.8 Å². The molecular weight excluding hydrogens is 308 g/mol. The number of methoxy groups -OCH3 is 1. The number of hydrogen-bond acceptors (Lipinski definition) is 8. The van der Waals surface area contributed by atoms with Crippen molar-refractivity contribution < 1.29 is 28.7 Å². The first-order chi connectivity index (χ1) is 10.7. The average molecular weight is 322 g/mol. The van der Waals surface area contributed by atoms with Gasteiger partial charge in [-0.05, 0) is 6.07 Å². The van der Waals surface area contributed by atoms with Crippen LogP contribution in [0.2, 0.25) is 0 Å². The molecule has 1 heterocycles. The lowest BCUT2D eigenvalue weighted by molar-refractivity contribution is -0.384. The van der Waals surface area contributed by atoms with Crippen LogP contribution >= 0.6 is 0 Å². The number of cyclic esters (lactones) is 2. The average Bonchev–Trinajstić information content (AvgIpc) is 2.45. The molecule has 0 spiro atoms. The largest absolute Gasteiger partial charge is 0.494 e. The number of rotatable bonds is 4. The topological polar surface area (TPSA) is 117 Å². The summed E-state index contributed by atoms with van der Waals surface area (Å²) in [5.74, 6) is -2.82. The van der Waals surface area contributed by atoms with Crippen molar-refractivity contribution in [2.24, 2.45) is 0 Å². The highest BCUT2D eigenvalue weighted by atomic mass is 16.7. The van der Waals surface area contributed by atoms with Gasteiger partial charge in [0.25, 0.3) is 11.5 Å². The number of anilines is 1. The van der Waals surface area contributed by atoms with Gasteiger partial charge in [-0.25, -0.2) is 9.59 Å². The molecule has 1 aromatic rings. The molecule has 1 saturated heterocycles. The fourth-order valence-electron chi connectivity index (χ4n) is 1.84. The number of non-ortho nitro benzene ring substituents is 1. The molecule has 2 rings (SSSR count). The summed E-state index contributed by atoms with van der Waals surface area (Å²) in [7, 11) is 1.34. The van der Waals surface area contributed by atoms with E-state index in [2.05, 4.69) is 5.32 Å². The van der Waals surface area contributed by atoms with Crippen LogP contribution in [0.1, 0.15) is 13.8 Å². The Morgan fingerprint density at radius 1 is 1.26 bits per heavy atom. The van der Waals surface area contributed by atoms with E-state index in [9.17, 15) is 19.7 Å². The molecule has 0 aromatic heterocycles. The van der Waals surface area contributed by atoms with Gasteiger partial charge < -0.3 is 19.5 Å². The molecule has 1 fully saturated rings. The summed E-state index contributed by atoms with van der Waals surface area (Å²) < 4.78 is 14.9. The quantitative estimate of drug-likeness (QED) is 0.293. The van der Waals surface area contributed by atoms with Gasteiger partial charge in [-0.2, -0.15) is 0 Å². The van der Waals surface area contributed by atoms with Gasteiger partial charge in [0, 0.05) is 26.1 Å². The van der Waals surface area contributed by atoms with Crippen molar-refractivity contribution in [3.8, 4) is 5.75 Å². The summed E-state index contributed by atoms with van der Waals surface area (Å²) in [6, 6.07) is 3.85. The minimum Gasteiger partial charge on any atom is -0.494 e. The van der Waals surface area contributed by atoms with Crippen molar-refractivity contribution in [1.82, 2.24) is 0 Å². The lowest BCUT2D eigenvalue weighted by Gasteiger charge is -2.29. The van der Waals surface area contributed by atoms with Crippen LogP contribution in [0.25, 0.3) is 0 Å². The van der Waals surface area contributed by atoms with Gasteiger partial charge in [0.15, 0.2) is 5.57 Å². The summed E-state index contributed by atoms with van der Waals surface area (Å²) in [6.45, 7) is 2.87. The Bertz CT molecular complexity index is 687. The Kier molecular flexibility index (Phi) is 4.21. The Morgan fingerprint density at radius 2 is 1.87 bits per heavy atom. The highest BCUT2D eigenvalue weighted by Crippen LogP contribution is 2.29. The Balaban J connectivity index is 2.24. The van der Waals surface area contributed by atoms with E-state index >= 15 is 0 Å². The lowest BCUT2D eigenvalue weighted by Crippen LogP contribution is -2.42. The van der Waals surface area contributed by atoms with E-state index in [1.165, 1.54) is 39.2 Å². The van der Waals surface area contributed by atoms with E-state index in [1.54, 1.807) is 0 Å². The van der Waals surface area contributed by atoms with Gasteiger partial charge >= 0.3 is 11.9 Å². The number of ether oxygens (including phenoxy) is 3. The molecule has 1 aliphatic rings. The zero-order valence-corrected chi connectivity index (χ0v) is 12.6. The molecule has 1 aliphatic heterocycles. The fourth-order valence-corrected chi connectivity index (χ4v) is 1.84. The zero-order valence-electron chi connectivity index (χ0n) is 12.6. The van der Waals surface area contributed by atoms with Gasteiger partial charge in [-0.3, -0.25) is 10.1 Å². The van der Waals surface area contributed by atoms with E-state index < -0.39 is 22.6 Å². The van der Waals surface area contributed by atoms with Crippen molar-refractivity contribution in [2.45, 2.75) is 19.6 Å². The summed E-state index contributed by atoms with van der Waals surface area (Å²) in [4.78, 5) is 33.7. The van der Waals surface area contributed by atoms with Crippen molar-refractivity contribution >= 4 is 23.3 Å². The number of hydrogen-bond donors (Lipinski definition) is 1. The van der Waals surface area contributed by atoms with Crippen LogP contribution in [0.3, 0.4) is 0 Å². The van der Waals surface area contributed by atoms with E-state index in [1.807, 2.05) is 0 Å². The van der Waals surface area contributed by atoms with Crippen molar-refractivity contribution in [3.05, 3.63) is 40.1 Å². The highest BCUT2D eigenvalue weighted by molar-refractivity contribution is 6.15. The summed E-state index contributed by atoms with van der Waals surface area (Å²) in [6.07, 6.45) is 1.10. The molecule has 0 aliphatic carbocycles. The molecule has 23 heavy (non-hydrogen) atoms. The number of esters is 2. The number of nitrogens with zero attached hydrogens (tertiary/aromatic N) is 1. The second-order valence-electron chi connectivity index (χ2n) is 5.02. The molecule has 0 saturated carbocycles. The third-order valence-electron chi connectivity index (χ3n) is 2.88. The molecule has 0 atom stereocenters. The highest BCUT2D eigenvalue weighted by Gasteiger charge is 2.39. The molecule has 0 amide bonds. The van der Waals surface area contributed by atoms with Crippen LogP contribution in [0.15, 0.2) is 30.0 Å². The standard InChI is InChI=1S/C14H14N2O7/c1-14(2)22-12(17)9(13(18)23-14)7-15-10-5-4-8(16(19)20)6-11(10)21-3/h4-7,15H,1-3H3. The number of nitro groups is 1. The van der Waals surface area contributed by atoms with Gasteiger partial charge in [-0.1, -0.05) is 0 Å². The second kappa shape index (κ2) is 5.95. The van der Waals surface area contributed by atoms with Gasteiger partial charge in [0.1, 0.15) is 5.75 Å². The Morgan fingerprint density at radius 3 is 2.39 bits per heavy atom. The smallest absolute Gasteiger partial charge is 0.350 e. The molecular formula is C14H14N2O7. The summed E-state index contributed by atoms with van der Waals surface area (Å²) in [5, 5.41) is 13.4. The molecule has 0 radical (unpaired) electrons. The number of carbonyl (C=O) groups excluding carboxylic acids is 2. The minimum absolute atomic E-state index is 0.154. The van der Waals surface area contributed by atoms with Crippen molar-refractivity contribution in [2.75, 3.05) is 12.4 Å². The second-order valence-corrected chi connectivity index (χ2v) is 5.02. The number of benzene rings is 1. The molecule has 1 N–H and O–H groups in total. The van der Waals surface area contributed by atoms with E-state index in [4.69, 9.17) is 14.2 Å². The Labute approximate surface area is 131 Å². The number of nitro benzene ring substituents is 1. The third-order valence-corrected chi connectivity index (χ3v) is 2.88. The maximum Gasteiger partial charge on any atom is 0.350 e. The Hall–Kier alpha value is -3.10. The van der Waals surface area contributed by atoms with E-state index in [0.29, 0.717) is 5.69 Å². The third kappa shape index (κ3) is 3.57. The maximum atomic E-state index is 11.8. The zero-order chi connectivity index (χ0) is 17.2. The monoisotopic (exact) mass is 322 g/mol. The normalized spacial score (nSPS) is 16.2. The lowest BCUT2D eigenvalue weighted by atomic mass is 10.2. The van der Waals surface area contributed by atoms with Gasteiger partial charge in [-0.15, -0.1) is 0 Å². The van der Waals surface area contributed by atoms with Crippen molar-refractivity contribution in [3.63, 3.8) is 0 Å². The molecule has 0 bridgehead atoms. The molecule has 1 aromatic carbocycles. The predicted molar refractivity (Wildman–Crippen MR) is 77.6 cm³/mol. The first-order valence-corrected chi connectivity index (χ1v) is 6.49. The first kappa shape index (κ1) is 16.3. The predicted octanol–water partition coefficient (Wildman–Crippen LogP) is 1.74. The maximum absolute atomic E-state index is 11.8. The number of nitrogens with one attached hydrogen (secondary N) is 1. The van der Waals surface area contributed by atoms with Crippen LogP contribution in [-0.2, 0) is 19.1 Å². The minimum atomic E-state index is -1.32. The molecule has 0 unspecified atom stereocenters. The number of carbonyl (C=O) groups is 2. The molecule has 122 valence electrons. The van der Waals surface area contributed by atoms with Gasteiger partial charge in [0.2, 0.25) is 0 Å². The van der Waals surface area contributed by atoms with Crippen LogP contribution in [0.5, 0.6) is 5.75 Å². The molecule has 9 nitrogen and oxygen atoms in total. The van der Waals surface area contributed by atoms with E-state index in [0.717, 1.165) is 6.20 Å². The summed E-state index contributed by atoms with van der Waals surface area (Å²) in [5.41, 5.74) is -0.154. The SMILES string of the molecule is COc1cc([N+](=O)[O-])ccc1NC=C1C(=O)OC(C)(C)OC1=O. The first-order valence-electron chi connectivity index (χ1n) is 6.49.